The average molecular weight is 180 g/mol. The zero-order valence-corrected chi connectivity index (χ0v) is 8.83. The minimum Gasteiger partial charge on any atom is -0.389 e. The van der Waals surface area contributed by atoms with E-state index in [-0.39, 0.29) is 11.5 Å². The molecule has 2 aliphatic rings. The second kappa shape index (κ2) is 2.84. The zero-order valence-electron chi connectivity index (χ0n) is 8.83. The fourth-order valence-electron chi connectivity index (χ4n) is 3.75. The van der Waals surface area contributed by atoms with Crippen LogP contribution in [0.25, 0.3) is 0 Å². The fourth-order valence-corrected chi connectivity index (χ4v) is 3.75. The third-order valence-corrected chi connectivity index (χ3v) is 3.98. The molecule has 0 heterocycles. The van der Waals surface area contributed by atoms with Crippen molar-refractivity contribution in [3.63, 3.8) is 0 Å². The Balaban J connectivity index is 2.26. The average Bonchev–Trinajstić information content (AvgIpc) is 2.26. The molecule has 1 nitrogen and oxygen atoms in total. The van der Waals surface area contributed by atoms with Crippen molar-refractivity contribution >= 4 is 0 Å². The van der Waals surface area contributed by atoms with E-state index in [1.165, 1.54) is 12.8 Å². The number of aliphatic hydroxyl groups is 1. The van der Waals surface area contributed by atoms with Gasteiger partial charge in [-0.25, -0.2) is 0 Å². The van der Waals surface area contributed by atoms with Gasteiger partial charge in [0.05, 0.1) is 6.10 Å². The molecule has 2 rings (SSSR count). The van der Waals surface area contributed by atoms with Crippen molar-refractivity contribution in [3.05, 3.63) is 12.2 Å². The summed E-state index contributed by atoms with van der Waals surface area (Å²) in [6.45, 7) is 6.92. The van der Waals surface area contributed by atoms with E-state index in [1.54, 1.807) is 0 Å². The molecule has 0 aromatic heterocycles. The number of fused-ring (bicyclic) bond motifs is 1. The Morgan fingerprint density at radius 2 is 2.08 bits per heavy atom. The molecule has 0 aromatic carbocycles. The Hall–Kier alpha value is -0.300. The van der Waals surface area contributed by atoms with Gasteiger partial charge >= 0.3 is 0 Å². The number of rotatable bonds is 0. The molecule has 0 bridgehead atoms. The summed E-state index contributed by atoms with van der Waals surface area (Å²) < 4.78 is 0. The highest BCUT2D eigenvalue weighted by atomic mass is 16.3. The SMILES string of the molecule is CC1CC(C)C2C(O)C=CC2(C)C1. The van der Waals surface area contributed by atoms with Crippen LogP contribution < -0.4 is 0 Å². The molecule has 0 saturated heterocycles. The van der Waals surface area contributed by atoms with E-state index in [4.69, 9.17) is 0 Å². The molecule has 0 aliphatic heterocycles. The molecule has 1 heteroatoms. The van der Waals surface area contributed by atoms with E-state index >= 15 is 0 Å². The first kappa shape index (κ1) is 9.26. The van der Waals surface area contributed by atoms with Crippen LogP contribution in [0.5, 0.6) is 0 Å². The number of hydrogen-bond donors (Lipinski definition) is 1. The maximum Gasteiger partial charge on any atom is 0.0760 e. The van der Waals surface area contributed by atoms with Crippen LogP contribution in [0.4, 0.5) is 0 Å². The Morgan fingerprint density at radius 3 is 2.77 bits per heavy atom. The summed E-state index contributed by atoms with van der Waals surface area (Å²) in [7, 11) is 0. The van der Waals surface area contributed by atoms with Crippen molar-refractivity contribution in [3.8, 4) is 0 Å². The van der Waals surface area contributed by atoms with Gasteiger partial charge in [-0.15, -0.1) is 0 Å². The van der Waals surface area contributed by atoms with E-state index in [1.807, 2.05) is 6.08 Å². The highest BCUT2D eigenvalue weighted by Crippen LogP contribution is 2.52. The van der Waals surface area contributed by atoms with Crippen LogP contribution in [0.2, 0.25) is 0 Å². The molecule has 1 N–H and O–H groups in total. The minimum atomic E-state index is -0.188. The molecule has 2 aliphatic carbocycles. The van der Waals surface area contributed by atoms with Crippen molar-refractivity contribution in [2.75, 3.05) is 0 Å². The maximum atomic E-state index is 9.86. The monoisotopic (exact) mass is 180 g/mol. The number of aliphatic hydroxyl groups excluding tert-OH is 1. The summed E-state index contributed by atoms with van der Waals surface area (Å²) in [5, 5.41) is 9.86. The van der Waals surface area contributed by atoms with Crippen LogP contribution in [0.1, 0.15) is 33.6 Å². The minimum absolute atomic E-state index is 0.188. The van der Waals surface area contributed by atoms with E-state index in [9.17, 15) is 5.11 Å². The molecule has 0 amide bonds. The van der Waals surface area contributed by atoms with Crippen LogP contribution in [-0.2, 0) is 0 Å². The van der Waals surface area contributed by atoms with Crippen LogP contribution in [-0.4, -0.2) is 11.2 Å². The Bertz CT molecular complexity index is 233. The molecule has 13 heavy (non-hydrogen) atoms. The van der Waals surface area contributed by atoms with Gasteiger partial charge in [0.2, 0.25) is 0 Å². The van der Waals surface area contributed by atoms with E-state index in [2.05, 4.69) is 26.8 Å². The van der Waals surface area contributed by atoms with Crippen molar-refractivity contribution < 1.29 is 5.11 Å². The molecule has 5 unspecified atom stereocenters. The molecule has 1 saturated carbocycles. The third-order valence-electron chi connectivity index (χ3n) is 3.98. The Labute approximate surface area is 80.8 Å². The molecule has 5 atom stereocenters. The smallest absolute Gasteiger partial charge is 0.0760 e. The van der Waals surface area contributed by atoms with Crippen LogP contribution >= 0.6 is 0 Å². The summed E-state index contributed by atoms with van der Waals surface area (Å²) in [4.78, 5) is 0. The predicted octanol–water partition coefficient (Wildman–Crippen LogP) is 2.61. The Morgan fingerprint density at radius 1 is 1.38 bits per heavy atom. The molecule has 1 fully saturated rings. The summed E-state index contributed by atoms with van der Waals surface area (Å²) in [6, 6.07) is 0. The maximum absolute atomic E-state index is 9.86. The van der Waals surface area contributed by atoms with E-state index in [0.29, 0.717) is 11.8 Å². The van der Waals surface area contributed by atoms with Gasteiger partial charge in [0, 0.05) is 0 Å². The first-order valence-electron chi connectivity index (χ1n) is 5.40. The Kier molecular flexibility index (Phi) is 2.03. The second-order valence-electron chi connectivity index (χ2n) is 5.40. The predicted molar refractivity (Wildman–Crippen MR) is 54.3 cm³/mol. The number of hydrogen-bond acceptors (Lipinski definition) is 1. The van der Waals surface area contributed by atoms with Crippen molar-refractivity contribution in [1.29, 1.82) is 0 Å². The van der Waals surface area contributed by atoms with E-state index in [0.717, 1.165) is 5.92 Å². The molecular weight excluding hydrogens is 160 g/mol. The molecular formula is C12H20O. The fraction of sp³-hybridized carbons (Fsp3) is 0.833. The van der Waals surface area contributed by atoms with Gasteiger partial charge in [-0.3, -0.25) is 0 Å². The van der Waals surface area contributed by atoms with Gasteiger partial charge in [0.25, 0.3) is 0 Å². The molecule has 0 aromatic rings. The lowest BCUT2D eigenvalue weighted by Gasteiger charge is -2.44. The van der Waals surface area contributed by atoms with Gasteiger partial charge in [-0.05, 0) is 36.0 Å². The van der Waals surface area contributed by atoms with Crippen molar-refractivity contribution in [2.24, 2.45) is 23.2 Å². The zero-order chi connectivity index (χ0) is 9.64. The number of allylic oxidation sites excluding steroid dienone is 1. The normalized spacial score (nSPS) is 55.1. The quantitative estimate of drug-likeness (QED) is 0.568. The highest BCUT2D eigenvalue weighted by Gasteiger charge is 2.47. The van der Waals surface area contributed by atoms with Crippen molar-refractivity contribution in [2.45, 2.75) is 39.7 Å². The van der Waals surface area contributed by atoms with Gasteiger partial charge in [0.15, 0.2) is 0 Å². The lowest BCUT2D eigenvalue weighted by atomic mass is 9.61. The lowest BCUT2D eigenvalue weighted by Crippen LogP contribution is -2.40. The van der Waals surface area contributed by atoms with Gasteiger partial charge in [-0.1, -0.05) is 32.9 Å². The largest absolute Gasteiger partial charge is 0.389 e. The van der Waals surface area contributed by atoms with Crippen LogP contribution in [0.3, 0.4) is 0 Å². The van der Waals surface area contributed by atoms with Crippen LogP contribution in [0, 0.1) is 23.2 Å². The first-order valence-corrected chi connectivity index (χ1v) is 5.40. The third kappa shape index (κ3) is 1.34. The van der Waals surface area contributed by atoms with Gasteiger partial charge in [0.1, 0.15) is 0 Å². The summed E-state index contributed by atoms with van der Waals surface area (Å²) in [6.07, 6.45) is 6.58. The highest BCUT2D eigenvalue weighted by molar-refractivity contribution is 5.17. The van der Waals surface area contributed by atoms with E-state index < -0.39 is 0 Å². The lowest BCUT2D eigenvalue weighted by molar-refractivity contribution is 0.0111. The van der Waals surface area contributed by atoms with Crippen LogP contribution in [0.15, 0.2) is 12.2 Å². The second-order valence-corrected chi connectivity index (χ2v) is 5.40. The molecule has 0 radical (unpaired) electrons. The van der Waals surface area contributed by atoms with Crippen molar-refractivity contribution in [1.82, 2.24) is 0 Å². The summed E-state index contributed by atoms with van der Waals surface area (Å²) in [5.41, 5.74) is 0.274. The standard InChI is InChI=1S/C12H20O/c1-8-6-9(2)11-10(13)4-5-12(11,3)7-8/h4-5,8-11,13H,6-7H2,1-3H3. The van der Waals surface area contributed by atoms with Gasteiger partial charge in [-0.2, -0.15) is 0 Å². The molecule has 74 valence electrons. The summed E-state index contributed by atoms with van der Waals surface area (Å²) in [5.74, 6) is 1.95. The topological polar surface area (TPSA) is 20.2 Å². The summed E-state index contributed by atoms with van der Waals surface area (Å²) >= 11 is 0. The van der Waals surface area contributed by atoms with Gasteiger partial charge < -0.3 is 5.11 Å². The molecule has 0 spiro atoms. The first-order chi connectivity index (χ1) is 6.03.